The number of methoxy groups -OCH3 is 1. The molecule has 1 amide bonds. The van der Waals surface area contributed by atoms with E-state index >= 15 is 0 Å². The molecule has 1 aromatic heterocycles. The van der Waals surface area contributed by atoms with Gasteiger partial charge in [-0.05, 0) is 44.9 Å². The zero-order valence-electron chi connectivity index (χ0n) is 14.5. The molecule has 0 aromatic carbocycles. The molecule has 132 valence electrons. The number of likely N-dealkylation sites (tertiary alicyclic amines) is 1. The third kappa shape index (κ3) is 2.96. The van der Waals surface area contributed by atoms with Crippen LogP contribution in [-0.2, 0) is 14.9 Å². The molecule has 2 heterocycles. The van der Waals surface area contributed by atoms with Crippen molar-refractivity contribution >= 4 is 5.91 Å². The Bertz CT molecular complexity index is 584. The quantitative estimate of drug-likeness (QED) is 0.800. The third-order valence-corrected chi connectivity index (χ3v) is 6.11. The van der Waals surface area contributed by atoms with Crippen LogP contribution in [0.5, 0.6) is 0 Å². The summed E-state index contributed by atoms with van der Waals surface area (Å²) in [6.45, 7) is 2.28. The summed E-state index contributed by atoms with van der Waals surface area (Å²) < 4.78 is 10.8. The summed E-state index contributed by atoms with van der Waals surface area (Å²) in [6, 6.07) is 0. The van der Waals surface area contributed by atoms with Gasteiger partial charge in [0.2, 0.25) is 11.8 Å². The number of carbonyl (C=O) groups excluding carboxylic acids is 1. The van der Waals surface area contributed by atoms with Gasteiger partial charge in [-0.25, -0.2) is 0 Å². The van der Waals surface area contributed by atoms with Gasteiger partial charge in [-0.2, -0.15) is 4.98 Å². The Hall–Kier alpha value is -1.43. The number of ether oxygens (including phenoxy) is 1. The fourth-order valence-corrected chi connectivity index (χ4v) is 3.90. The Kier molecular flexibility index (Phi) is 4.33. The van der Waals surface area contributed by atoms with Gasteiger partial charge < -0.3 is 14.2 Å². The standard InChI is InChI=1S/C18H27N3O3/c1-23-12-9-18(17-19-15(24-20-17)13-5-6-13)7-10-21(11-8-18)16(22)14-3-2-4-14/h13-14H,2-12H2,1H3. The average molecular weight is 333 g/mol. The van der Waals surface area contributed by atoms with E-state index in [1.54, 1.807) is 7.11 Å². The minimum Gasteiger partial charge on any atom is -0.385 e. The monoisotopic (exact) mass is 333 g/mol. The van der Waals surface area contributed by atoms with E-state index in [0.29, 0.717) is 18.4 Å². The van der Waals surface area contributed by atoms with E-state index in [9.17, 15) is 4.79 Å². The Labute approximate surface area is 142 Å². The second kappa shape index (κ2) is 6.47. The van der Waals surface area contributed by atoms with E-state index in [1.165, 1.54) is 6.42 Å². The van der Waals surface area contributed by atoms with Crippen LogP contribution >= 0.6 is 0 Å². The van der Waals surface area contributed by atoms with E-state index in [1.807, 2.05) is 0 Å². The first kappa shape index (κ1) is 16.1. The number of hydrogen-bond donors (Lipinski definition) is 0. The maximum Gasteiger partial charge on any atom is 0.229 e. The largest absolute Gasteiger partial charge is 0.385 e. The van der Waals surface area contributed by atoms with Crippen molar-refractivity contribution < 1.29 is 14.1 Å². The van der Waals surface area contributed by atoms with Crippen LogP contribution in [0.15, 0.2) is 4.52 Å². The van der Waals surface area contributed by atoms with Crippen molar-refractivity contribution in [2.45, 2.75) is 62.7 Å². The number of rotatable bonds is 6. The molecule has 6 heteroatoms. The van der Waals surface area contributed by atoms with Gasteiger partial charge in [-0.1, -0.05) is 11.6 Å². The zero-order chi connectivity index (χ0) is 16.6. The molecule has 0 atom stereocenters. The molecule has 2 aliphatic carbocycles. The van der Waals surface area contributed by atoms with Crippen molar-refractivity contribution in [2.75, 3.05) is 26.8 Å². The van der Waals surface area contributed by atoms with Gasteiger partial charge in [0, 0.05) is 44.1 Å². The van der Waals surface area contributed by atoms with E-state index in [0.717, 1.165) is 69.8 Å². The first-order valence-electron chi connectivity index (χ1n) is 9.34. The Morgan fingerprint density at radius 2 is 2.04 bits per heavy atom. The molecule has 2 saturated carbocycles. The van der Waals surface area contributed by atoms with Gasteiger partial charge in [0.25, 0.3) is 0 Å². The van der Waals surface area contributed by atoms with E-state index in [4.69, 9.17) is 14.2 Å². The van der Waals surface area contributed by atoms with Gasteiger partial charge in [0.15, 0.2) is 5.82 Å². The number of piperidine rings is 1. The van der Waals surface area contributed by atoms with Crippen LogP contribution in [0.25, 0.3) is 0 Å². The lowest BCUT2D eigenvalue weighted by atomic mass is 9.74. The Morgan fingerprint density at radius 3 is 2.62 bits per heavy atom. The number of carbonyl (C=O) groups is 1. The highest BCUT2D eigenvalue weighted by Gasteiger charge is 2.43. The van der Waals surface area contributed by atoms with Crippen LogP contribution in [0.1, 0.15) is 69.0 Å². The summed E-state index contributed by atoms with van der Waals surface area (Å²) in [5, 5.41) is 4.31. The maximum atomic E-state index is 12.5. The molecule has 24 heavy (non-hydrogen) atoms. The molecule has 0 N–H and O–H groups in total. The second-order valence-electron chi connectivity index (χ2n) is 7.71. The molecule has 1 aromatic rings. The van der Waals surface area contributed by atoms with Gasteiger partial charge in [-0.15, -0.1) is 0 Å². The average Bonchev–Trinajstić information content (AvgIpc) is 3.28. The van der Waals surface area contributed by atoms with Crippen molar-refractivity contribution in [1.29, 1.82) is 0 Å². The molecule has 0 radical (unpaired) electrons. The minimum atomic E-state index is -0.108. The molecule has 4 rings (SSSR count). The van der Waals surface area contributed by atoms with Crippen LogP contribution in [-0.4, -0.2) is 47.8 Å². The topological polar surface area (TPSA) is 68.5 Å². The summed E-state index contributed by atoms with van der Waals surface area (Å²) >= 11 is 0. The fraction of sp³-hybridized carbons (Fsp3) is 0.833. The van der Waals surface area contributed by atoms with Crippen LogP contribution in [0.3, 0.4) is 0 Å². The molecule has 3 aliphatic rings. The molecular weight excluding hydrogens is 306 g/mol. The third-order valence-electron chi connectivity index (χ3n) is 6.11. The summed E-state index contributed by atoms with van der Waals surface area (Å²) in [6.07, 6.45) is 8.36. The molecular formula is C18H27N3O3. The van der Waals surface area contributed by atoms with Gasteiger partial charge >= 0.3 is 0 Å². The van der Waals surface area contributed by atoms with Crippen LogP contribution in [0.2, 0.25) is 0 Å². The Balaban J connectivity index is 1.46. The van der Waals surface area contributed by atoms with Crippen LogP contribution in [0, 0.1) is 5.92 Å². The van der Waals surface area contributed by atoms with Crippen molar-refractivity contribution in [2.24, 2.45) is 5.92 Å². The van der Waals surface area contributed by atoms with E-state index < -0.39 is 0 Å². The lowest BCUT2D eigenvalue weighted by Crippen LogP contribution is -2.48. The molecule has 0 bridgehead atoms. The molecule has 1 saturated heterocycles. The zero-order valence-corrected chi connectivity index (χ0v) is 14.5. The Morgan fingerprint density at radius 1 is 1.29 bits per heavy atom. The molecule has 3 fully saturated rings. The van der Waals surface area contributed by atoms with Crippen LogP contribution < -0.4 is 0 Å². The smallest absolute Gasteiger partial charge is 0.229 e. The van der Waals surface area contributed by atoms with Crippen molar-refractivity contribution in [1.82, 2.24) is 15.0 Å². The molecule has 0 spiro atoms. The second-order valence-corrected chi connectivity index (χ2v) is 7.71. The summed E-state index contributed by atoms with van der Waals surface area (Å²) in [7, 11) is 1.73. The van der Waals surface area contributed by atoms with Crippen LogP contribution in [0.4, 0.5) is 0 Å². The van der Waals surface area contributed by atoms with Gasteiger partial charge in [0.1, 0.15) is 0 Å². The van der Waals surface area contributed by atoms with Gasteiger partial charge in [-0.3, -0.25) is 4.79 Å². The SMILES string of the molecule is COCCC1(c2noc(C3CC3)n2)CCN(C(=O)C2CCC2)CC1. The number of aromatic nitrogens is 2. The predicted molar refractivity (Wildman–Crippen MR) is 87.6 cm³/mol. The predicted octanol–water partition coefficient (Wildman–Crippen LogP) is 2.64. The maximum absolute atomic E-state index is 12.5. The van der Waals surface area contributed by atoms with Crippen molar-refractivity contribution in [3.63, 3.8) is 0 Å². The summed E-state index contributed by atoms with van der Waals surface area (Å²) in [4.78, 5) is 19.3. The normalized spacial score (nSPS) is 24.0. The van der Waals surface area contributed by atoms with E-state index in [2.05, 4.69) is 10.1 Å². The fourth-order valence-electron chi connectivity index (χ4n) is 3.90. The summed E-state index contributed by atoms with van der Waals surface area (Å²) in [5.74, 6) is 2.74. The number of hydrogen-bond acceptors (Lipinski definition) is 5. The highest BCUT2D eigenvalue weighted by Crippen LogP contribution is 2.42. The number of nitrogens with zero attached hydrogens (tertiary/aromatic N) is 3. The lowest BCUT2D eigenvalue weighted by Gasteiger charge is -2.41. The minimum absolute atomic E-state index is 0.108. The molecule has 6 nitrogen and oxygen atoms in total. The highest BCUT2D eigenvalue weighted by molar-refractivity contribution is 5.79. The molecule has 0 unspecified atom stereocenters. The highest BCUT2D eigenvalue weighted by atomic mass is 16.5. The first-order valence-corrected chi connectivity index (χ1v) is 9.34. The van der Waals surface area contributed by atoms with Gasteiger partial charge in [0.05, 0.1) is 0 Å². The van der Waals surface area contributed by atoms with E-state index in [-0.39, 0.29) is 11.3 Å². The summed E-state index contributed by atoms with van der Waals surface area (Å²) in [5.41, 5.74) is -0.108. The first-order chi connectivity index (χ1) is 11.7. The van der Waals surface area contributed by atoms with Crippen molar-refractivity contribution in [3.05, 3.63) is 11.7 Å². The lowest BCUT2D eigenvalue weighted by molar-refractivity contribution is -0.140. The van der Waals surface area contributed by atoms with Crippen molar-refractivity contribution in [3.8, 4) is 0 Å². The molecule has 1 aliphatic heterocycles. The number of amides is 1.